The Bertz CT molecular complexity index is 1670. The average Bonchev–Trinajstić information content (AvgIpc) is 3.42. The second kappa shape index (κ2) is 60.7. The van der Waals surface area contributed by atoms with Crippen molar-refractivity contribution < 1.29 is 32.9 Å². The number of nitrogens with zero attached hydrogens (tertiary/aromatic N) is 1. The largest absolute Gasteiger partial charge is 0.756 e. The minimum absolute atomic E-state index is 0.0114. The molecule has 8 nitrogen and oxygen atoms in total. The second-order valence-electron chi connectivity index (χ2n) is 23.4. The summed E-state index contributed by atoms with van der Waals surface area (Å²) in [5.74, 6) is -0.211. The Morgan fingerprint density at radius 3 is 1.16 bits per heavy atom. The molecule has 462 valence electrons. The standard InChI is InChI=1S/C71H127N2O6P/c1-6-8-10-12-14-16-18-20-22-24-26-27-28-29-30-31-32-33-34-35-36-37-38-39-40-41-42-43-44-45-47-49-51-53-55-57-59-61-63-65-71(75)72-69(68-79-80(76,77)78-67-66-73(3,4)5)70(74)64-62-60-58-56-54-52-50-48-46-25-23-21-19-17-15-13-11-9-7-2/h8,10,14,16,20,22,26-27,29-30,32-33,46,48,54,56,62,64,69-70,74H,6-7,9,11-13,15,17-19,21,23-25,28,31,34-45,47,49-53,55,57-61,63,65-68H2,1-5H3,(H-,72,75,76,77)/b10-8-,16-14-,22-20-,27-26-,30-29-,33-32-,48-46+,56-54+,64-62+. The SMILES string of the molecule is CC/C=C\C/C=C\C/C=C\C/C=C\C/C=C\C/C=C\CCCCCCCCCCCCCCCCCCCCCCC(=O)NC(COP(=O)([O-])OCC[N+](C)(C)C)C(O)/C=C/CC/C=C/CC/C=C/CCCCCCCCCCC. The molecule has 0 aromatic heterocycles. The molecular weight excluding hydrogens is 1010 g/mol. The van der Waals surface area contributed by atoms with Crippen LogP contribution in [0.2, 0.25) is 0 Å². The minimum atomic E-state index is -4.62. The molecule has 0 spiro atoms. The Morgan fingerprint density at radius 1 is 0.450 bits per heavy atom. The van der Waals surface area contributed by atoms with Crippen molar-refractivity contribution in [1.29, 1.82) is 0 Å². The molecule has 2 N–H and O–H groups in total. The van der Waals surface area contributed by atoms with Crippen molar-refractivity contribution in [2.75, 3.05) is 40.9 Å². The molecule has 9 heteroatoms. The molecule has 0 heterocycles. The van der Waals surface area contributed by atoms with Crippen LogP contribution >= 0.6 is 7.82 Å². The van der Waals surface area contributed by atoms with Crippen molar-refractivity contribution in [1.82, 2.24) is 5.32 Å². The predicted molar refractivity (Wildman–Crippen MR) is 348 cm³/mol. The first-order valence-electron chi connectivity index (χ1n) is 33.2. The summed E-state index contributed by atoms with van der Waals surface area (Å²) in [6.07, 6.45) is 89.2. The van der Waals surface area contributed by atoms with E-state index in [0.29, 0.717) is 17.4 Å². The van der Waals surface area contributed by atoms with Crippen LogP contribution in [0.15, 0.2) is 109 Å². The van der Waals surface area contributed by atoms with Crippen molar-refractivity contribution in [2.45, 2.75) is 296 Å². The molecule has 0 aromatic carbocycles. The molecule has 0 aromatic rings. The van der Waals surface area contributed by atoms with E-state index in [4.69, 9.17) is 9.05 Å². The Balaban J connectivity index is 4.04. The quantitative estimate of drug-likeness (QED) is 0.0272. The van der Waals surface area contributed by atoms with E-state index in [1.54, 1.807) is 6.08 Å². The van der Waals surface area contributed by atoms with Gasteiger partial charge in [0.1, 0.15) is 13.2 Å². The van der Waals surface area contributed by atoms with Crippen LogP contribution in [0.1, 0.15) is 284 Å². The smallest absolute Gasteiger partial charge is 0.268 e. The summed E-state index contributed by atoms with van der Waals surface area (Å²) in [4.78, 5) is 25.6. The van der Waals surface area contributed by atoms with Crippen LogP contribution in [0, 0.1) is 0 Å². The number of hydrogen-bond acceptors (Lipinski definition) is 6. The third-order valence-electron chi connectivity index (χ3n) is 14.4. The zero-order valence-electron chi connectivity index (χ0n) is 52.7. The Hall–Kier alpha value is -2.84. The van der Waals surface area contributed by atoms with Gasteiger partial charge in [-0.3, -0.25) is 9.36 Å². The van der Waals surface area contributed by atoms with Crippen LogP contribution in [0.4, 0.5) is 0 Å². The lowest BCUT2D eigenvalue weighted by Gasteiger charge is -2.29. The molecule has 0 rings (SSSR count). The van der Waals surface area contributed by atoms with Gasteiger partial charge in [-0.2, -0.15) is 0 Å². The van der Waals surface area contributed by atoms with Gasteiger partial charge in [0.15, 0.2) is 0 Å². The molecule has 0 aliphatic carbocycles. The number of nitrogens with one attached hydrogen (secondary N) is 1. The van der Waals surface area contributed by atoms with E-state index in [9.17, 15) is 19.4 Å². The molecule has 3 atom stereocenters. The number of aliphatic hydroxyl groups excluding tert-OH is 1. The lowest BCUT2D eigenvalue weighted by atomic mass is 10.0. The van der Waals surface area contributed by atoms with Gasteiger partial charge in [0.25, 0.3) is 7.82 Å². The van der Waals surface area contributed by atoms with E-state index in [2.05, 4.69) is 116 Å². The van der Waals surface area contributed by atoms with E-state index < -0.39 is 26.6 Å². The fourth-order valence-corrected chi connectivity index (χ4v) is 10.0. The van der Waals surface area contributed by atoms with Gasteiger partial charge in [-0.1, -0.05) is 290 Å². The summed E-state index contributed by atoms with van der Waals surface area (Å²) in [5, 5.41) is 13.9. The van der Waals surface area contributed by atoms with Crippen LogP contribution in [0.25, 0.3) is 0 Å². The molecule has 0 fully saturated rings. The van der Waals surface area contributed by atoms with Crippen LogP contribution in [0.5, 0.6) is 0 Å². The van der Waals surface area contributed by atoms with E-state index in [1.165, 1.54) is 180 Å². The maximum absolute atomic E-state index is 13.0. The molecule has 80 heavy (non-hydrogen) atoms. The highest BCUT2D eigenvalue weighted by Crippen LogP contribution is 2.38. The van der Waals surface area contributed by atoms with Gasteiger partial charge in [0.2, 0.25) is 5.91 Å². The van der Waals surface area contributed by atoms with Gasteiger partial charge in [0, 0.05) is 6.42 Å². The summed E-state index contributed by atoms with van der Waals surface area (Å²) >= 11 is 0. The third kappa shape index (κ3) is 62.8. The number of quaternary nitrogens is 1. The number of unbranched alkanes of at least 4 members (excludes halogenated alkanes) is 31. The zero-order valence-corrected chi connectivity index (χ0v) is 53.6. The maximum Gasteiger partial charge on any atom is 0.268 e. The van der Waals surface area contributed by atoms with Crippen molar-refractivity contribution in [3.8, 4) is 0 Å². The number of likely N-dealkylation sites (N-methyl/N-ethyl adjacent to an activating group) is 1. The van der Waals surface area contributed by atoms with Gasteiger partial charge >= 0.3 is 0 Å². The number of carbonyl (C=O) groups is 1. The number of allylic oxidation sites excluding steroid dienone is 17. The van der Waals surface area contributed by atoms with Gasteiger partial charge in [-0.15, -0.1) is 0 Å². The summed E-state index contributed by atoms with van der Waals surface area (Å²) in [5.41, 5.74) is 0. The van der Waals surface area contributed by atoms with Crippen molar-refractivity contribution >= 4 is 13.7 Å². The van der Waals surface area contributed by atoms with Gasteiger partial charge in [-0.25, -0.2) is 0 Å². The molecule has 0 aliphatic rings. The lowest BCUT2D eigenvalue weighted by molar-refractivity contribution is -0.870. The van der Waals surface area contributed by atoms with Gasteiger partial charge in [0.05, 0.1) is 39.9 Å². The number of amides is 1. The highest BCUT2D eigenvalue weighted by molar-refractivity contribution is 7.45. The number of phosphoric ester groups is 1. The van der Waals surface area contributed by atoms with Crippen LogP contribution in [-0.4, -0.2) is 68.5 Å². The van der Waals surface area contributed by atoms with Crippen molar-refractivity contribution in [3.05, 3.63) is 109 Å². The summed E-state index contributed by atoms with van der Waals surface area (Å²) in [7, 11) is 1.23. The normalized spacial score (nSPS) is 14.4. The highest BCUT2D eigenvalue weighted by atomic mass is 31.2. The number of phosphoric acid groups is 1. The number of hydrogen-bond donors (Lipinski definition) is 2. The molecular formula is C71H127N2O6P. The predicted octanol–water partition coefficient (Wildman–Crippen LogP) is 20.5. The molecule has 0 aliphatic heterocycles. The molecule has 3 unspecified atom stereocenters. The summed E-state index contributed by atoms with van der Waals surface area (Å²) in [6.45, 7) is 4.52. The Morgan fingerprint density at radius 2 is 0.775 bits per heavy atom. The first-order valence-corrected chi connectivity index (χ1v) is 34.7. The fraction of sp³-hybridized carbons (Fsp3) is 0.732. The van der Waals surface area contributed by atoms with Gasteiger partial charge in [-0.05, 0) is 96.3 Å². The lowest BCUT2D eigenvalue weighted by Crippen LogP contribution is -2.45. The van der Waals surface area contributed by atoms with Crippen LogP contribution in [-0.2, 0) is 18.4 Å². The van der Waals surface area contributed by atoms with E-state index >= 15 is 0 Å². The Kier molecular flexibility index (Phi) is 58.6. The molecule has 0 radical (unpaired) electrons. The number of aliphatic hydroxyl groups is 1. The fourth-order valence-electron chi connectivity index (χ4n) is 9.31. The summed E-state index contributed by atoms with van der Waals surface area (Å²) in [6, 6.07) is -0.914. The van der Waals surface area contributed by atoms with E-state index in [-0.39, 0.29) is 12.5 Å². The van der Waals surface area contributed by atoms with Crippen LogP contribution < -0.4 is 10.2 Å². The monoisotopic (exact) mass is 1130 g/mol. The van der Waals surface area contributed by atoms with Gasteiger partial charge < -0.3 is 28.8 Å². The number of carbonyl (C=O) groups excluding carboxylic acids is 1. The number of rotatable bonds is 60. The first-order chi connectivity index (χ1) is 39.0. The maximum atomic E-state index is 13.0. The first kappa shape index (κ1) is 77.2. The third-order valence-corrected chi connectivity index (χ3v) is 15.4. The highest BCUT2D eigenvalue weighted by Gasteiger charge is 2.23. The molecule has 0 bridgehead atoms. The molecule has 0 saturated carbocycles. The van der Waals surface area contributed by atoms with E-state index in [1.807, 2.05) is 27.2 Å². The molecule has 0 saturated heterocycles. The topological polar surface area (TPSA) is 108 Å². The minimum Gasteiger partial charge on any atom is -0.756 e. The Labute approximate surface area is 495 Å². The van der Waals surface area contributed by atoms with Crippen molar-refractivity contribution in [3.63, 3.8) is 0 Å². The van der Waals surface area contributed by atoms with E-state index in [0.717, 1.165) is 83.5 Å². The van der Waals surface area contributed by atoms with Crippen molar-refractivity contribution in [2.24, 2.45) is 0 Å². The zero-order chi connectivity index (χ0) is 58.4. The van der Waals surface area contributed by atoms with Crippen LogP contribution in [0.3, 0.4) is 0 Å². The average molecular weight is 1140 g/mol. The second-order valence-corrected chi connectivity index (χ2v) is 24.8. The summed E-state index contributed by atoms with van der Waals surface area (Å²) < 4.78 is 23.4. The molecule has 1 amide bonds.